The molecule has 0 aromatic carbocycles. The highest BCUT2D eigenvalue weighted by atomic mass is 16.5. The van der Waals surface area contributed by atoms with Crippen molar-refractivity contribution in [3.8, 4) is 6.07 Å². The number of furan rings is 1. The van der Waals surface area contributed by atoms with Gasteiger partial charge < -0.3 is 19.0 Å². The van der Waals surface area contributed by atoms with Crippen LogP contribution in [0.1, 0.15) is 83.4 Å². The van der Waals surface area contributed by atoms with Crippen molar-refractivity contribution in [1.29, 1.82) is 5.26 Å². The van der Waals surface area contributed by atoms with E-state index < -0.39 is 0 Å². The Morgan fingerprint density at radius 3 is 2.73 bits per heavy atom. The first-order valence-electron chi connectivity index (χ1n) is 12.2. The van der Waals surface area contributed by atoms with Gasteiger partial charge in [0.15, 0.2) is 0 Å². The molecule has 7 nitrogen and oxygen atoms in total. The third-order valence-corrected chi connectivity index (χ3v) is 7.55. The fraction of sp³-hybridized carbons (Fsp3) is 0.577. The zero-order chi connectivity index (χ0) is 22.9. The molecule has 0 radical (unpaired) electrons. The molecular weight excluding hydrogens is 416 g/mol. The van der Waals surface area contributed by atoms with E-state index in [9.17, 15) is 10.1 Å². The van der Waals surface area contributed by atoms with E-state index in [1.807, 2.05) is 11.8 Å². The number of piperazine rings is 1. The Balaban J connectivity index is 1.46. The first kappa shape index (κ1) is 22.0. The van der Waals surface area contributed by atoms with Gasteiger partial charge in [-0.3, -0.25) is 4.79 Å². The number of aromatic nitrogens is 1. The smallest absolute Gasteiger partial charge is 0.257 e. The van der Waals surface area contributed by atoms with Gasteiger partial charge in [0.2, 0.25) is 0 Å². The van der Waals surface area contributed by atoms with Crippen LogP contribution in [0.5, 0.6) is 0 Å². The average molecular weight is 449 g/mol. The molecular formula is C26H32N4O3. The predicted octanol–water partition coefficient (Wildman–Crippen LogP) is 4.33. The van der Waals surface area contributed by atoms with Crippen LogP contribution < -0.4 is 4.90 Å². The van der Waals surface area contributed by atoms with E-state index in [1.165, 1.54) is 19.3 Å². The third kappa shape index (κ3) is 4.02. The highest BCUT2D eigenvalue weighted by Gasteiger charge is 2.34. The fourth-order valence-corrected chi connectivity index (χ4v) is 5.74. The second-order valence-electron chi connectivity index (χ2n) is 9.59. The van der Waals surface area contributed by atoms with Gasteiger partial charge in [-0.25, -0.2) is 4.98 Å². The molecule has 0 bridgehead atoms. The van der Waals surface area contributed by atoms with Gasteiger partial charge in [0.25, 0.3) is 5.91 Å². The van der Waals surface area contributed by atoms with Crippen molar-refractivity contribution < 1.29 is 13.9 Å². The molecule has 4 heterocycles. The summed E-state index contributed by atoms with van der Waals surface area (Å²) in [7, 11) is 0. The van der Waals surface area contributed by atoms with Crippen LogP contribution in [-0.4, -0.2) is 48.1 Å². The van der Waals surface area contributed by atoms with E-state index in [4.69, 9.17) is 14.1 Å². The highest BCUT2D eigenvalue weighted by molar-refractivity contribution is 5.95. The maximum atomic E-state index is 13.1. The predicted molar refractivity (Wildman–Crippen MR) is 124 cm³/mol. The molecule has 33 heavy (non-hydrogen) atoms. The Labute approximate surface area is 195 Å². The molecule has 1 saturated carbocycles. The maximum absolute atomic E-state index is 13.1. The van der Waals surface area contributed by atoms with Crippen molar-refractivity contribution in [2.75, 3.05) is 31.1 Å². The first-order chi connectivity index (χ1) is 16.1. The van der Waals surface area contributed by atoms with E-state index in [2.05, 4.69) is 17.9 Å². The lowest BCUT2D eigenvalue weighted by Gasteiger charge is -2.41. The minimum Gasteiger partial charge on any atom is -0.469 e. The molecule has 3 aliphatic rings. The summed E-state index contributed by atoms with van der Waals surface area (Å²) in [6, 6.07) is 4.23. The molecule has 0 spiro atoms. The molecule has 2 aromatic rings. The fourth-order valence-electron chi connectivity index (χ4n) is 5.74. The van der Waals surface area contributed by atoms with Gasteiger partial charge in [0, 0.05) is 37.2 Å². The summed E-state index contributed by atoms with van der Waals surface area (Å²) in [5, 5.41) is 10.1. The molecule has 2 fully saturated rings. The maximum Gasteiger partial charge on any atom is 0.257 e. The standard InChI is InChI=1S/C26H32N4O3/c1-17-15-29(10-11-30(17)26(31)20-9-13-33-18(20)2)25-22(14-27)21-8-12-32-16-23(21)24(28-25)19-6-4-3-5-7-19/h9,13,17,19H,3-8,10-12,15-16H2,1-2H3. The summed E-state index contributed by atoms with van der Waals surface area (Å²) in [6.07, 6.45) is 8.42. The van der Waals surface area contributed by atoms with E-state index in [0.29, 0.717) is 55.7 Å². The van der Waals surface area contributed by atoms with E-state index in [-0.39, 0.29) is 11.9 Å². The molecule has 5 rings (SSSR count). The molecule has 1 atom stereocenters. The van der Waals surface area contributed by atoms with Gasteiger partial charge in [-0.15, -0.1) is 0 Å². The van der Waals surface area contributed by atoms with Gasteiger partial charge in [-0.05, 0) is 44.7 Å². The molecule has 0 N–H and O–H groups in total. The number of carbonyl (C=O) groups is 1. The van der Waals surface area contributed by atoms with Crippen LogP contribution in [0.2, 0.25) is 0 Å². The number of anilines is 1. The Morgan fingerprint density at radius 1 is 1.21 bits per heavy atom. The number of aryl methyl sites for hydroxylation is 1. The van der Waals surface area contributed by atoms with Gasteiger partial charge in [0.1, 0.15) is 17.6 Å². The number of ether oxygens (including phenoxy) is 1. The normalized spacial score (nSPS) is 21.5. The Bertz CT molecular complexity index is 1080. The second-order valence-corrected chi connectivity index (χ2v) is 9.59. The Kier molecular flexibility index (Phi) is 6.11. The number of hydrogen-bond acceptors (Lipinski definition) is 6. The van der Waals surface area contributed by atoms with Crippen molar-refractivity contribution in [2.45, 2.75) is 70.9 Å². The monoisotopic (exact) mass is 448 g/mol. The number of amides is 1. The minimum absolute atomic E-state index is 0.00592. The summed E-state index contributed by atoms with van der Waals surface area (Å²) in [5.41, 5.74) is 4.77. The number of carbonyl (C=O) groups excluding carboxylic acids is 1. The summed E-state index contributed by atoms with van der Waals surface area (Å²) < 4.78 is 11.1. The van der Waals surface area contributed by atoms with Crippen LogP contribution in [0.15, 0.2) is 16.7 Å². The molecule has 2 aromatic heterocycles. The zero-order valence-electron chi connectivity index (χ0n) is 19.6. The van der Waals surface area contributed by atoms with E-state index in [0.717, 1.165) is 41.9 Å². The lowest BCUT2D eigenvalue weighted by Crippen LogP contribution is -2.54. The molecule has 1 amide bonds. The number of fused-ring (bicyclic) bond motifs is 1. The van der Waals surface area contributed by atoms with Crippen LogP contribution in [0.3, 0.4) is 0 Å². The number of hydrogen-bond donors (Lipinski definition) is 0. The largest absolute Gasteiger partial charge is 0.469 e. The van der Waals surface area contributed by atoms with Crippen molar-refractivity contribution in [2.24, 2.45) is 0 Å². The first-order valence-corrected chi connectivity index (χ1v) is 12.2. The van der Waals surface area contributed by atoms with Crippen LogP contribution in [0, 0.1) is 18.3 Å². The quantitative estimate of drug-likeness (QED) is 0.695. The summed E-state index contributed by atoms with van der Waals surface area (Å²) >= 11 is 0. The van der Waals surface area contributed by atoms with Crippen molar-refractivity contribution >= 4 is 11.7 Å². The topological polar surface area (TPSA) is 82.6 Å². The van der Waals surface area contributed by atoms with Crippen molar-refractivity contribution in [1.82, 2.24) is 9.88 Å². The van der Waals surface area contributed by atoms with Crippen LogP contribution >= 0.6 is 0 Å². The van der Waals surface area contributed by atoms with E-state index >= 15 is 0 Å². The van der Waals surface area contributed by atoms with Crippen LogP contribution in [0.4, 0.5) is 5.82 Å². The van der Waals surface area contributed by atoms with Crippen molar-refractivity contribution in [3.05, 3.63) is 46.0 Å². The number of pyridine rings is 1. The summed E-state index contributed by atoms with van der Waals surface area (Å²) in [4.78, 5) is 22.4. The number of nitrogens with zero attached hydrogens (tertiary/aromatic N) is 4. The Hall–Kier alpha value is -2.85. The average Bonchev–Trinajstić information content (AvgIpc) is 3.28. The van der Waals surface area contributed by atoms with Gasteiger partial charge in [-0.2, -0.15) is 5.26 Å². The summed E-state index contributed by atoms with van der Waals surface area (Å²) in [5.74, 6) is 1.91. The summed E-state index contributed by atoms with van der Waals surface area (Å²) in [6.45, 7) is 7.01. The number of nitriles is 1. The lowest BCUT2D eigenvalue weighted by atomic mass is 9.82. The second kappa shape index (κ2) is 9.18. The van der Waals surface area contributed by atoms with Gasteiger partial charge >= 0.3 is 0 Å². The van der Waals surface area contributed by atoms with E-state index in [1.54, 1.807) is 12.3 Å². The molecule has 1 saturated heterocycles. The van der Waals surface area contributed by atoms with Crippen LogP contribution in [-0.2, 0) is 17.8 Å². The minimum atomic E-state index is 0.00592. The molecule has 7 heteroatoms. The number of rotatable bonds is 3. The SMILES string of the molecule is Cc1occc1C(=O)N1CCN(c2nc(C3CCCCC3)c3c(c2C#N)CCOC3)CC1C. The van der Waals surface area contributed by atoms with Gasteiger partial charge in [-0.1, -0.05) is 19.3 Å². The van der Waals surface area contributed by atoms with Gasteiger partial charge in [0.05, 0.1) is 36.3 Å². The Morgan fingerprint density at radius 2 is 2.03 bits per heavy atom. The zero-order valence-corrected chi connectivity index (χ0v) is 19.6. The third-order valence-electron chi connectivity index (χ3n) is 7.55. The molecule has 1 unspecified atom stereocenters. The molecule has 174 valence electrons. The molecule has 1 aliphatic carbocycles. The highest BCUT2D eigenvalue weighted by Crippen LogP contribution is 2.39. The van der Waals surface area contributed by atoms with Crippen LogP contribution in [0.25, 0.3) is 0 Å². The van der Waals surface area contributed by atoms with Crippen molar-refractivity contribution in [3.63, 3.8) is 0 Å². The molecule has 2 aliphatic heterocycles. The lowest BCUT2D eigenvalue weighted by molar-refractivity contribution is 0.0671.